The molecule has 0 radical (unpaired) electrons. The number of benzene rings is 2. The lowest BCUT2D eigenvalue weighted by Gasteiger charge is -2.09. The predicted octanol–water partition coefficient (Wildman–Crippen LogP) is 5.10. The third-order valence-electron chi connectivity index (χ3n) is 4.23. The molecular formula is C22H19NO4. The molecule has 1 atom stereocenters. The highest BCUT2D eigenvalue weighted by molar-refractivity contribution is 5.91. The van der Waals surface area contributed by atoms with Crippen molar-refractivity contribution in [1.82, 2.24) is 5.32 Å². The molecular weight excluding hydrogens is 342 g/mol. The second kappa shape index (κ2) is 7.41. The van der Waals surface area contributed by atoms with Gasteiger partial charge in [-0.2, -0.15) is 0 Å². The van der Waals surface area contributed by atoms with Crippen LogP contribution in [0.5, 0.6) is 5.75 Å². The normalized spacial score (nSPS) is 12.0. The van der Waals surface area contributed by atoms with Crippen molar-refractivity contribution in [3.05, 3.63) is 90.1 Å². The quantitative estimate of drug-likeness (QED) is 0.519. The molecule has 0 aliphatic heterocycles. The van der Waals surface area contributed by atoms with Crippen molar-refractivity contribution in [2.45, 2.75) is 19.6 Å². The zero-order chi connectivity index (χ0) is 18.6. The van der Waals surface area contributed by atoms with Gasteiger partial charge in [0.05, 0.1) is 6.04 Å². The number of carbonyl (C=O) groups excluding carboxylic acids is 1. The van der Waals surface area contributed by atoms with Crippen LogP contribution in [-0.4, -0.2) is 5.91 Å². The van der Waals surface area contributed by atoms with Gasteiger partial charge in [-0.25, -0.2) is 0 Å². The fourth-order valence-electron chi connectivity index (χ4n) is 2.80. The first-order valence-corrected chi connectivity index (χ1v) is 8.75. The van der Waals surface area contributed by atoms with Crippen molar-refractivity contribution < 1.29 is 18.4 Å². The Bertz CT molecular complexity index is 1020. The van der Waals surface area contributed by atoms with E-state index in [0.717, 1.165) is 16.7 Å². The zero-order valence-electron chi connectivity index (χ0n) is 14.8. The Hall–Kier alpha value is -3.47. The van der Waals surface area contributed by atoms with Crippen molar-refractivity contribution in [3.63, 3.8) is 0 Å². The van der Waals surface area contributed by atoms with Crippen LogP contribution in [0.2, 0.25) is 0 Å². The highest BCUT2D eigenvalue weighted by Crippen LogP contribution is 2.24. The molecule has 2 aromatic heterocycles. The van der Waals surface area contributed by atoms with Gasteiger partial charge in [0.1, 0.15) is 29.5 Å². The van der Waals surface area contributed by atoms with E-state index in [1.807, 2.05) is 67.6 Å². The second-order valence-corrected chi connectivity index (χ2v) is 6.25. The molecule has 2 heterocycles. The van der Waals surface area contributed by atoms with Gasteiger partial charge in [0.15, 0.2) is 5.76 Å². The Morgan fingerprint density at radius 2 is 1.78 bits per heavy atom. The summed E-state index contributed by atoms with van der Waals surface area (Å²) in [6.07, 6.45) is 0. The number of amides is 1. The van der Waals surface area contributed by atoms with Gasteiger partial charge in [-0.3, -0.25) is 4.79 Å². The Kier molecular flexibility index (Phi) is 4.66. The SMILES string of the molecule is C[C@H](NC(=O)c1ccc(COc2ccccc2)o1)c1cc2ccccc2o1. The topological polar surface area (TPSA) is 64.6 Å². The molecule has 0 bridgehead atoms. The van der Waals surface area contributed by atoms with Crippen LogP contribution in [0.15, 0.2) is 81.6 Å². The van der Waals surface area contributed by atoms with Crippen LogP contribution in [0.4, 0.5) is 0 Å². The fraction of sp³-hybridized carbons (Fsp3) is 0.136. The minimum Gasteiger partial charge on any atom is -0.486 e. The summed E-state index contributed by atoms with van der Waals surface area (Å²) in [5.41, 5.74) is 0.798. The third-order valence-corrected chi connectivity index (χ3v) is 4.23. The van der Waals surface area contributed by atoms with Crippen molar-refractivity contribution in [1.29, 1.82) is 0 Å². The number of hydrogen-bond donors (Lipinski definition) is 1. The van der Waals surface area contributed by atoms with E-state index in [1.165, 1.54) is 0 Å². The molecule has 4 rings (SSSR count). The summed E-state index contributed by atoms with van der Waals surface area (Å²) in [6.45, 7) is 2.13. The summed E-state index contributed by atoms with van der Waals surface area (Å²) >= 11 is 0. The van der Waals surface area contributed by atoms with Crippen LogP contribution < -0.4 is 10.1 Å². The average molecular weight is 361 g/mol. The zero-order valence-corrected chi connectivity index (χ0v) is 14.8. The van der Waals surface area contributed by atoms with Crippen molar-refractivity contribution >= 4 is 16.9 Å². The van der Waals surface area contributed by atoms with E-state index in [0.29, 0.717) is 11.5 Å². The third kappa shape index (κ3) is 3.87. The number of ether oxygens (including phenoxy) is 1. The summed E-state index contributed by atoms with van der Waals surface area (Å²) in [5, 5.41) is 3.90. The molecule has 27 heavy (non-hydrogen) atoms. The molecule has 4 aromatic rings. The second-order valence-electron chi connectivity index (χ2n) is 6.25. The van der Waals surface area contributed by atoms with Crippen LogP contribution in [0, 0.1) is 0 Å². The van der Waals surface area contributed by atoms with E-state index in [2.05, 4.69) is 5.32 Å². The highest BCUT2D eigenvalue weighted by Gasteiger charge is 2.18. The lowest BCUT2D eigenvalue weighted by atomic mass is 10.2. The number of para-hydroxylation sites is 2. The van der Waals surface area contributed by atoms with E-state index < -0.39 is 0 Å². The summed E-state index contributed by atoms with van der Waals surface area (Å²) < 4.78 is 17.0. The van der Waals surface area contributed by atoms with Gasteiger partial charge < -0.3 is 18.9 Å². The average Bonchev–Trinajstić information content (AvgIpc) is 3.34. The Labute approximate surface area is 156 Å². The smallest absolute Gasteiger partial charge is 0.287 e. The lowest BCUT2D eigenvalue weighted by molar-refractivity contribution is 0.0903. The molecule has 1 N–H and O–H groups in total. The van der Waals surface area contributed by atoms with Gasteiger partial charge in [-0.1, -0.05) is 36.4 Å². The van der Waals surface area contributed by atoms with Gasteiger partial charge >= 0.3 is 0 Å². The van der Waals surface area contributed by atoms with Crippen LogP contribution in [0.25, 0.3) is 11.0 Å². The maximum Gasteiger partial charge on any atom is 0.287 e. The molecule has 0 saturated carbocycles. The number of nitrogens with one attached hydrogen (secondary N) is 1. The molecule has 0 fully saturated rings. The number of rotatable bonds is 6. The fourth-order valence-corrected chi connectivity index (χ4v) is 2.80. The standard InChI is InChI=1S/C22H19NO4/c1-15(21-13-16-7-5-6-10-19(16)27-21)23-22(24)20-12-11-18(26-20)14-25-17-8-3-2-4-9-17/h2-13,15H,14H2,1H3,(H,23,24)/t15-/m0/s1. The van der Waals surface area contributed by atoms with Crippen molar-refractivity contribution in [2.24, 2.45) is 0 Å². The van der Waals surface area contributed by atoms with Gasteiger partial charge in [-0.05, 0) is 43.3 Å². The Morgan fingerprint density at radius 1 is 1.00 bits per heavy atom. The molecule has 136 valence electrons. The van der Waals surface area contributed by atoms with Crippen LogP contribution >= 0.6 is 0 Å². The highest BCUT2D eigenvalue weighted by atomic mass is 16.5. The van der Waals surface area contributed by atoms with Crippen molar-refractivity contribution in [2.75, 3.05) is 0 Å². The van der Waals surface area contributed by atoms with Crippen LogP contribution in [0.1, 0.15) is 35.0 Å². The van der Waals surface area contributed by atoms with E-state index in [4.69, 9.17) is 13.6 Å². The molecule has 0 spiro atoms. The van der Waals surface area contributed by atoms with E-state index in [1.54, 1.807) is 12.1 Å². The number of hydrogen-bond acceptors (Lipinski definition) is 4. The first-order valence-electron chi connectivity index (χ1n) is 8.75. The molecule has 5 heteroatoms. The first kappa shape index (κ1) is 17.0. The summed E-state index contributed by atoms with van der Waals surface area (Å²) in [7, 11) is 0. The summed E-state index contributed by atoms with van der Waals surface area (Å²) in [6, 6.07) is 22.2. The Morgan fingerprint density at radius 3 is 2.59 bits per heavy atom. The van der Waals surface area contributed by atoms with Gasteiger partial charge in [0.2, 0.25) is 0 Å². The maximum absolute atomic E-state index is 12.4. The minimum absolute atomic E-state index is 0.240. The molecule has 2 aromatic carbocycles. The Balaban J connectivity index is 1.38. The van der Waals surface area contributed by atoms with Gasteiger partial charge in [-0.15, -0.1) is 0 Å². The molecule has 0 saturated heterocycles. The van der Waals surface area contributed by atoms with Crippen molar-refractivity contribution in [3.8, 4) is 5.75 Å². The first-order chi connectivity index (χ1) is 13.2. The predicted molar refractivity (Wildman–Crippen MR) is 102 cm³/mol. The van der Waals surface area contributed by atoms with Crippen LogP contribution in [-0.2, 0) is 6.61 Å². The molecule has 1 amide bonds. The largest absolute Gasteiger partial charge is 0.486 e. The van der Waals surface area contributed by atoms with Gasteiger partial charge in [0.25, 0.3) is 5.91 Å². The minimum atomic E-state index is -0.297. The number of fused-ring (bicyclic) bond motifs is 1. The molecule has 0 aliphatic carbocycles. The van der Waals surface area contributed by atoms with E-state index >= 15 is 0 Å². The molecule has 0 unspecified atom stereocenters. The lowest BCUT2D eigenvalue weighted by Crippen LogP contribution is -2.25. The molecule has 5 nitrogen and oxygen atoms in total. The summed E-state index contributed by atoms with van der Waals surface area (Å²) in [5.74, 6) is 1.97. The van der Waals surface area contributed by atoms with E-state index in [-0.39, 0.29) is 24.3 Å². The van der Waals surface area contributed by atoms with Crippen LogP contribution in [0.3, 0.4) is 0 Å². The molecule has 0 aliphatic rings. The number of furan rings is 2. The monoisotopic (exact) mass is 361 g/mol. The number of carbonyl (C=O) groups is 1. The van der Waals surface area contributed by atoms with Gasteiger partial charge in [0, 0.05) is 5.39 Å². The van der Waals surface area contributed by atoms with E-state index in [9.17, 15) is 4.79 Å². The summed E-state index contributed by atoms with van der Waals surface area (Å²) in [4.78, 5) is 12.4. The maximum atomic E-state index is 12.4.